The molecule has 29 heavy (non-hydrogen) atoms. The normalized spacial score (nSPS) is 24.4. The molecular formula is C22H28N4O3. The van der Waals surface area contributed by atoms with Gasteiger partial charge < -0.3 is 9.80 Å². The largest absolute Gasteiger partial charge is 0.341 e. The summed E-state index contributed by atoms with van der Waals surface area (Å²) in [5.74, 6) is 0.719. The number of nitrogens with zero attached hydrogens (tertiary/aromatic N) is 3. The maximum absolute atomic E-state index is 12.9. The lowest BCUT2D eigenvalue weighted by Gasteiger charge is -2.23. The third kappa shape index (κ3) is 4.83. The van der Waals surface area contributed by atoms with Gasteiger partial charge in [-0.05, 0) is 37.2 Å². The van der Waals surface area contributed by atoms with Crippen molar-refractivity contribution < 1.29 is 14.4 Å². The van der Waals surface area contributed by atoms with Gasteiger partial charge in [-0.2, -0.15) is 5.10 Å². The molecule has 0 radical (unpaired) electrons. The summed E-state index contributed by atoms with van der Waals surface area (Å²) in [7, 11) is 0. The van der Waals surface area contributed by atoms with Gasteiger partial charge >= 0.3 is 0 Å². The third-order valence-electron chi connectivity index (χ3n) is 6.10. The van der Waals surface area contributed by atoms with Gasteiger partial charge in [-0.1, -0.05) is 30.3 Å². The second kappa shape index (κ2) is 8.76. The first-order valence-corrected chi connectivity index (χ1v) is 10.6. The Bertz CT molecular complexity index is 808. The van der Waals surface area contributed by atoms with E-state index in [0.717, 1.165) is 25.1 Å². The Kier molecular flexibility index (Phi) is 5.92. The van der Waals surface area contributed by atoms with Crippen LogP contribution in [0, 0.1) is 5.92 Å². The Morgan fingerprint density at radius 1 is 1.03 bits per heavy atom. The molecule has 1 aromatic rings. The third-order valence-corrected chi connectivity index (χ3v) is 6.10. The second-order valence-corrected chi connectivity index (χ2v) is 8.13. The van der Waals surface area contributed by atoms with Gasteiger partial charge in [-0.3, -0.25) is 14.4 Å². The van der Waals surface area contributed by atoms with Crippen molar-refractivity contribution in [3.05, 3.63) is 35.9 Å². The van der Waals surface area contributed by atoms with E-state index in [0.29, 0.717) is 51.2 Å². The van der Waals surface area contributed by atoms with Crippen molar-refractivity contribution in [2.45, 2.75) is 44.4 Å². The molecule has 0 aromatic heterocycles. The number of nitrogens with one attached hydrogen (secondary N) is 1. The molecule has 3 amide bonds. The number of rotatable bonds is 5. The van der Waals surface area contributed by atoms with Gasteiger partial charge in [-0.15, -0.1) is 0 Å². The fourth-order valence-corrected chi connectivity index (χ4v) is 4.26. The highest BCUT2D eigenvalue weighted by atomic mass is 16.2. The Morgan fingerprint density at radius 3 is 2.55 bits per heavy atom. The maximum atomic E-state index is 12.9. The summed E-state index contributed by atoms with van der Waals surface area (Å²) in [5.41, 5.74) is 4.60. The van der Waals surface area contributed by atoms with Gasteiger partial charge in [0.1, 0.15) is 0 Å². The van der Waals surface area contributed by atoms with Crippen LogP contribution in [0.2, 0.25) is 0 Å². The topological polar surface area (TPSA) is 82.1 Å². The van der Waals surface area contributed by atoms with Crippen LogP contribution >= 0.6 is 0 Å². The van der Waals surface area contributed by atoms with Crippen molar-refractivity contribution in [2.75, 3.05) is 26.2 Å². The van der Waals surface area contributed by atoms with Crippen molar-refractivity contribution in [3.63, 3.8) is 0 Å². The lowest BCUT2D eigenvalue weighted by atomic mass is 10.1. The molecule has 154 valence electrons. The highest BCUT2D eigenvalue weighted by molar-refractivity contribution is 5.94. The highest BCUT2D eigenvalue weighted by Crippen LogP contribution is 2.48. The lowest BCUT2D eigenvalue weighted by molar-refractivity contribution is -0.134. The van der Waals surface area contributed by atoms with Crippen LogP contribution < -0.4 is 5.43 Å². The summed E-state index contributed by atoms with van der Waals surface area (Å²) in [6.45, 7) is 2.62. The molecule has 7 nitrogen and oxygen atoms in total. The van der Waals surface area contributed by atoms with Crippen LogP contribution in [0.3, 0.4) is 0 Å². The zero-order valence-corrected chi connectivity index (χ0v) is 16.7. The standard InChI is InChI=1S/C22H28N4O3/c27-20-9-7-17(23-24-20)8-10-21(28)25-11-4-12-26(14-13-25)22(29)19-15-18(19)16-5-2-1-3-6-16/h1-3,5-6,18-19H,4,7-15H2,(H,24,27)/t18-,19+/m0/s1. The molecule has 3 aliphatic rings. The van der Waals surface area contributed by atoms with E-state index in [9.17, 15) is 14.4 Å². The smallest absolute Gasteiger partial charge is 0.240 e. The minimum Gasteiger partial charge on any atom is -0.341 e. The van der Waals surface area contributed by atoms with Gasteiger partial charge in [0.05, 0.1) is 0 Å². The number of hydrazone groups is 1. The molecule has 2 aliphatic heterocycles. The Hall–Kier alpha value is -2.70. The summed E-state index contributed by atoms with van der Waals surface area (Å²) in [5, 5.41) is 4.03. The van der Waals surface area contributed by atoms with E-state index >= 15 is 0 Å². The van der Waals surface area contributed by atoms with Gasteiger partial charge in [0.2, 0.25) is 17.7 Å². The Morgan fingerprint density at radius 2 is 1.79 bits per heavy atom. The maximum Gasteiger partial charge on any atom is 0.240 e. The van der Waals surface area contributed by atoms with Crippen molar-refractivity contribution in [1.82, 2.24) is 15.2 Å². The van der Waals surface area contributed by atoms with E-state index in [-0.39, 0.29) is 23.6 Å². The Labute approximate surface area is 171 Å². The van der Waals surface area contributed by atoms with Crippen LogP contribution in [-0.4, -0.2) is 59.4 Å². The predicted octanol–water partition coefficient (Wildman–Crippen LogP) is 1.90. The van der Waals surface area contributed by atoms with Crippen molar-refractivity contribution >= 4 is 23.4 Å². The molecule has 0 spiro atoms. The van der Waals surface area contributed by atoms with Gasteiger partial charge in [0, 0.05) is 50.7 Å². The first-order chi connectivity index (χ1) is 14.1. The van der Waals surface area contributed by atoms with Crippen LogP contribution in [0.4, 0.5) is 0 Å². The summed E-state index contributed by atoms with van der Waals surface area (Å²) in [6, 6.07) is 10.3. The first-order valence-electron chi connectivity index (χ1n) is 10.6. The van der Waals surface area contributed by atoms with Crippen LogP contribution in [0.15, 0.2) is 35.4 Å². The lowest BCUT2D eigenvalue weighted by Crippen LogP contribution is -2.38. The van der Waals surface area contributed by atoms with Crippen LogP contribution in [0.5, 0.6) is 0 Å². The quantitative estimate of drug-likeness (QED) is 0.825. The molecule has 2 atom stereocenters. The van der Waals surface area contributed by atoms with E-state index in [4.69, 9.17) is 0 Å². The average molecular weight is 396 g/mol. The van der Waals surface area contributed by atoms with E-state index in [1.54, 1.807) is 0 Å². The first kappa shape index (κ1) is 19.6. The van der Waals surface area contributed by atoms with Gasteiger partial charge in [0.25, 0.3) is 0 Å². The molecule has 1 saturated carbocycles. The molecule has 7 heteroatoms. The number of benzene rings is 1. The number of carbonyl (C=O) groups is 3. The predicted molar refractivity (Wildman–Crippen MR) is 109 cm³/mol. The number of hydrogen-bond acceptors (Lipinski definition) is 4. The molecule has 1 aliphatic carbocycles. The molecule has 1 N–H and O–H groups in total. The molecule has 2 heterocycles. The molecule has 1 aromatic carbocycles. The summed E-state index contributed by atoms with van der Waals surface area (Å²) in [4.78, 5) is 40.5. The SMILES string of the molecule is O=C1CCC(CCC(=O)N2CCCN(C(=O)[C@@H]3C[C@H]3c3ccccc3)CC2)=NN1. The minimum absolute atomic E-state index is 0.0671. The van der Waals surface area contributed by atoms with Crippen molar-refractivity contribution in [2.24, 2.45) is 11.0 Å². The molecule has 1 saturated heterocycles. The van der Waals surface area contributed by atoms with Crippen LogP contribution in [-0.2, 0) is 14.4 Å². The fraction of sp³-hybridized carbons (Fsp3) is 0.545. The van der Waals surface area contributed by atoms with Crippen LogP contribution in [0.1, 0.15) is 50.0 Å². The van der Waals surface area contributed by atoms with E-state index < -0.39 is 0 Å². The minimum atomic E-state index is -0.0671. The van der Waals surface area contributed by atoms with Crippen molar-refractivity contribution in [3.8, 4) is 0 Å². The number of hydrogen-bond donors (Lipinski definition) is 1. The Balaban J connectivity index is 1.24. The molecule has 0 unspecified atom stereocenters. The van der Waals surface area contributed by atoms with E-state index in [1.165, 1.54) is 5.56 Å². The monoisotopic (exact) mass is 396 g/mol. The zero-order chi connectivity index (χ0) is 20.2. The number of amides is 3. The molecule has 4 rings (SSSR count). The highest BCUT2D eigenvalue weighted by Gasteiger charge is 2.45. The fourth-order valence-electron chi connectivity index (χ4n) is 4.26. The molecule has 0 bridgehead atoms. The summed E-state index contributed by atoms with van der Waals surface area (Å²) >= 11 is 0. The zero-order valence-electron chi connectivity index (χ0n) is 16.7. The molecule has 2 fully saturated rings. The van der Waals surface area contributed by atoms with Gasteiger partial charge in [-0.25, -0.2) is 5.43 Å². The molecular weight excluding hydrogens is 368 g/mol. The van der Waals surface area contributed by atoms with E-state index in [1.807, 2.05) is 28.0 Å². The summed E-state index contributed by atoms with van der Waals surface area (Å²) < 4.78 is 0. The number of carbonyl (C=O) groups excluding carboxylic acids is 3. The van der Waals surface area contributed by atoms with E-state index in [2.05, 4.69) is 22.7 Å². The van der Waals surface area contributed by atoms with Gasteiger partial charge in [0.15, 0.2) is 0 Å². The summed E-state index contributed by atoms with van der Waals surface area (Å²) in [6.07, 6.45) is 3.81. The van der Waals surface area contributed by atoms with Crippen molar-refractivity contribution in [1.29, 1.82) is 0 Å². The average Bonchev–Trinajstić information content (AvgIpc) is 3.57. The second-order valence-electron chi connectivity index (χ2n) is 8.13. The van der Waals surface area contributed by atoms with Crippen LogP contribution in [0.25, 0.3) is 0 Å².